The molecule has 1 aromatic rings. The number of rotatable bonds is 2. The van der Waals surface area contributed by atoms with Crippen molar-refractivity contribution in [1.29, 1.82) is 0 Å². The molecule has 6 nitrogen and oxygen atoms in total. The van der Waals surface area contributed by atoms with E-state index in [0.29, 0.717) is 35.8 Å². The third-order valence-corrected chi connectivity index (χ3v) is 6.04. The van der Waals surface area contributed by atoms with Crippen LogP contribution in [0, 0.1) is 19.3 Å². The molecule has 1 aliphatic rings. The van der Waals surface area contributed by atoms with E-state index in [-0.39, 0.29) is 11.5 Å². The van der Waals surface area contributed by atoms with Gasteiger partial charge >= 0.3 is 0 Å². The van der Waals surface area contributed by atoms with Crippen LogP contribution in [0.2, 0.25) is 0 Å². The number of nitrogens with two attached hydrogens (primary N) is 1. The molecule has 108 valence electrons. The quantitative estimate of drug-likeness (QED) is 0.840. The maximum Gasteiger partial charge on any atom is 0.246 e. The van der Waals surface area contributed by atoms with E-state index >= 15 is 0 Å². The Morgan fingerprint density at radius 3 is 2.53 bits per heavy atom. The van der Waals surface area contributed by atoms with Gasteiger partial charge in [0.25, 0.3) is 0 Å². The number of hydrogen-bond acceptors (Lipinski definition) is 4. The van der Waals surface area contributed by atoms with Gasteiger partial charge in [-0.3, -0.25) is 5.10 Å². The number of aromatic amines is 1. The van der Waals surface area contributed by atoms with Crippen LogP contribution in [-0.2, 0) is 10.0 Å². The highest BCUT2D eigenvalue weighted by Crippen LogP contribution is 2.32. The van der Waals surface area contributed by atoms with Crippen LogP contribution in [0.3, 0.4) is 0 Å². The van der Waals surface area contributed by atoms with Crippen molar-refractivity contribution in [3.63, 3.8) is 0 Å². The summed E-state index contributed by atoms with van der Waals surface area (Å²) < 4.78 is 26.9. The molecule has 1 saturated heterocycles. The van der Waals surface area contributed by atoms with Gasteiger partial charge in [-0.1, -0.05) is 13.8 Å². The predicted octanol–water partition coefficient (Wildman–Crippen LogP) is 0.774. The molecule has 0 amide bonds. The molecule has 0 radical (unpaired) electrons. The van der Waals surface area contributed by atoms with E-state index < -0.39 is 10.0 Å². The third kappa shape index (κ3) is 2.42. The second kappa shape index (κ2) is 4.57. The van der Waals surface area contributed by atoms with E-state index in [9.17, 15) is 8.42 Å². The molecule has 1 aromatic heterocycles. The van der Waals surface area contributed by atoms with Crippen molar-refractivity contribution in [1.82, 2.24) is 14.5 Å². The molecule has 1 unspecified atom stereocenters. The molecule has 0 saturated carbocycles. The molecule has 2 rings (SSSR count). The topological polar surface area (TPSA) is 92.1 Å². The molecule has 1 fully saturated rings. The van der Waals surface area contributed by atoms with Gasteiger partial charge in [-0.15, -0.1) is 0 Å². The second-order valence-electron chi connectivity index (χ2n) is 5.99. The second-order valence-corrected chi connectivity index (χ2v) is 7.86. The molecule has 0 aliphatic carbocycles. The van der Waals surface area contributed by atoms with Crippen molar-refractivity contribution in [2.75, 3.05) is 13.1 Å². The lowest BCUT2D eigenvalue weighted by Crippen LogP contribution is -2.53. The molecule has 2 heterocycles. The van der Waals surface area contributed by atoms with Gasteiger partial charge in [-0.25, -0.2) is 8.42 Å². The van der Waals surface area contributed by atoms with Gasteiger partial charge < -0.3 is 5.73 Å². The lowest BCUT2D eigenvalue weighted by atomic mass is 9.81. The van der Waals surface area contributed by atoms with Gasteiger partial charge in [0, 0.05) is 19.1 Å². The molecule has 3 N–H and O–H groups in total. The van der Waals surface area contributed by atoms with Crippen LogP contribution >= 0.6 is 0 Å². The van der Waals surface area contributed by atoms with Crippen molar-refractivity contribution in [3.05, 3.63) is 11.4 Å². The van der Waals surface area contributed by atoms with Crippen molar-refractivity contribution in [2.45, 2.75) is 45.1 Å². The fourth-order valence-electron chi connectivity index (χ4n) is 2.58. The number of nitrogens with zero attached hydrogens (tertiary/aromatic N) is 2. The third-order valence-electron chi connectivity index (χ3n) is 3.94. The van der Waals surface area contributed by atoms with E-state index in [1.165, 1.54) is 4.31 Å². The maximum atomic E-state index is 12.7. The largest absolute Gasteiger partial charge is 0.327 e. The summed E-state index contributed by atoms with van der Waals surface area (Å²) in [6.45, 7) is 8.37. The lowest BCUT2D eigenvalue weighted by molar-refractivity contribution is 0.155. The highest BCUT2D eigenvalue weighted by Gasteiger charge is 2.40. The molecule has 1 atom stereocenters. The number of aromatic nitrogens is 2. The Hall–Kier alpha value is -0.920. The van der Waals surface area contributed by atoms with Crippen LogP contribution in [0.5, 0.6) is 0 Å². The Labute approximate surface area is 114 Å². The minimum Gasteiger partial charge on any atom is -0.327 e. The van der Waals surface area contributed by atoms with Crippen LogP contribution in [-0.4, -0.2) is 42.1 Å². The monoisotopic (exact) mass is 286 g/mol. The van der Waals surface area contributed by atoms with E-state index in [4.69, 9.17) is 5.73 Å². The molecular weight excluding hydrogens is 264 g/mol. The van der Waals surface area contributed by atoms with Crippen molar-refractivity contribution in [3.8, 4) is 0 Å². The zero-order chi connectivity index (χ0) is 14.4. The fourth-order valence-corrected chi connectivity index (χ4v) is 4.54. The summed E-state index contributed by atoms with van der Waals surface area (Å²) in [6.07, 6.45) is 0.683. The Balaban J connectivity index is 2.37. The minimum absolute atomic E-state index is 0.0329. The molecule has 19 heavy (non-hydrogen) atoms. The van der Waals surface area contributed by atoms with Gasteiger partial charge in [-0.05, 0) is 25.7 Å². The van der Waals surface area contributed by atoms with Crippen molar-refractivity contribution < 1.29 is 8.42 Å². The first kappa shape index (κ1) is 14.5. The van der Waals surface area contributed by atoms with Gasteiger partial charge in [-0.2, -0.15) is 9.40 Å². The Morgan fingerprint density at radius 2 is 2.05 bits per heavy atom. The van der Waals surface area contributed by atoms with Gasteiger partial charge in [0.1, 0.15) is 4.90 Å². The Kier molecular flexibility index (Phi) is 3.49. The van der Waals surface area contributed by atoms with Crippen LogP contribution < -0.4 is 5.73 Å². The summed E-state index contributed by atoms with van der Waals surface area (Å²) in [7, 11) is -3.49. The number of hydrogen-bond donors (Lipinski definition) is 2. The van der Waals surface area contributed by atoms with E-state index in [0.717, 1.165) is 0 Å². The van der Waals surface area contributed by atoms with Crippen LogP contribution in [0.15, 0.2) is 4.90 Å². The summed E-state index contributed by atoms with van der Waals surface area (Å²) in [5.74, 6) is 0. The number of piperidine rings is 1. The normalized spacial score (nSPS) is 24.6. The SMILES string of the molecule is Cc1n[nH]c(C)c1S(=O)(=O)N1CCC(N)C(C)(C)C1. The van der Waals surface area contributed by atoms with Crippen molar-refractivity contribution >= 4 is 10.0 Å². The average molecular weight is 286 g/mol. The smallest absolute Gasteiger partial charge is 0.246 e. The first-order chi connectivity index (χ1) is 8.66. The van der Waals surface area contributed by atoms with E-state index in [1.807, 2.05) is 13.8 Å². The maximum absolute atomic E-state index is 12.7. The Morgan fingerprint density at radius 1 is 1.42 bits per heavy atom. The zero-order valence-electron chi connectivity index (χ0n) is 11.9. The van der Waals surface area contributed by atoms with Gasteiger partial charge in [0.05, 0.1) is 11.4 Å². The summed E-state index contributed by atoms with van der Waals surface area (Å²) in [4.78, 5) is 0.304. The van der Waals surface area contributed by atoms with Crippen molar-refractivity contribution in [2.24, 2.45) is 11.1 Å². The fraction of sp³-hybridized carbons (Fsp3) is 0.750. The van der Waals surface area contributed by atoms with Gasteiger partial charge in [0.15, 0.2) is 0 Å². The summed E-state index contributed by atoms with van der Waals surface area (Å²) in [6, 6.07) is 0.0329. The summed E-state index contributed by atoms with van der Waals surface area (Å²) in [5, 5.41) is 6.70. The molecule has 0 bridgehead atoms. The Bertz CT molecular complexity index is 557. The van der Waals surface area contributed by atoms with E-state index in [1.54, 1.807) is 13.8 Å². The van der Waals surface area contributed by atoms with Crippen LogP contribution in [0.25, 0.3) is 0 Å². The molecule has 1 aliphatic heterocycles. The number of aryl methyl sites for hydroxylation is 2. The molecule has 0 spiro atoms. The zero-order valence-corrected chi connectivity index (χ0v) is 12.7. The average Bonchev–Trinajstić information content (AvgIpc) is 2.62. The predicted molar refractivity (Wildman–Crippen MR) is 73.2 cm³/mol. The number of nitrogens with one attached hydrogen (secondary N) is 1. The molecule has 0 aromatic carbocycles. The highest BCUT2D eigenvalue weighted by molar-refractivity contribution is 7.89. The first-order valence-electron chi connectivity index (χ1n) is 6.43. The summed E-state index contributed by atoms with van der Waals surface area (Å²) >= 11 is 0. The standard InChI is InChI=1S/C12H22N4O2S/c1-8-11(9(2)15-14-8)19(17,18)16-6-5-10(13)12(3,4)7-16/h10H,5-7,13H2,1-4H3,(H,14,15). The summed E-state index contributed by atoms with van der Waals surface area (Å²) in [5.41, 5.74) is 6.95. The molecule has 7 heteroatoms. The minimum atomic E-state index is -3.49. The molecular formula is C12H22N4O2S. The number of sulfonamides is 1. The first-order valence-corrected chi connectivity index (χ1v) is 7.87. The van der Waals surface area contributed by atoms with Crippen LogP contribution in [0.1, 0.15) is 31.7 Å². The number of H-pyrrole nitrogens is 1. The van der Waals surface area contributed by atoms with E-state index in [2.05, 4.69) is 10.2 Å². The highest BCUT2D eigenvalue weighted by atomic mass is 32.2. The lowest BCUT2D eigenvalue weighted by Gasteiger charge is -2.41. The van der Waals surface area contributed by atoms with Gasteiger partial charge in [0.2, 0.25) is 10.0 Å². The van der Waals surface area contributed by atoms with Crippen LogP contribution in [0.4, 0.5) is 0 Å².